The van der Waals surface area contributed by atoms with Gasteiger partial charge in [-0.25, -0.2) is 4.79 Å². The summed E-state index contributed by atoms with van der Waals surface area (Å²) in [5, 5.41) is 2.98. The second-order valence-corrected chi connectivity index (χ2v) is 4.94. The molecule has 0 aliphatic carbocycles. The lowest BCUT2D eigenvalue weighted by atomic mass is 9.76. The van der Waals surface area contributed by atoms with Crippen molar-refractivity contribution in [3.05, 3.63) is 53.6 Å². The molecule has 2 atom stereocenters. The Labute approximate surface area is 128 Å². The van der Waals surface area contributed by atoms with Crippen LogP contribution < -0.4 is 5.32 Å². The number of rotatable bonds is 3. The van der Waals surface area contributed by atoms with Crippen molar-refractivity contribution in [1.29, 1.82) is 0 Å². The van der Waals surface area contributed by atoms with Gasteiger partial charge >= 0.3 is 11.9 Å². The highest BCUT2D eigenvalue weighted by Crippen LogP contribution is 2.40. The first kappa shape index (κ1) is 15.8. The molecule has 0 bridgehead atoms. The van der Waals surface area contributed by atoms with Crippen molar-refractivity contribution >= 4 is 11.9 Å². The van der Waals surface area contributed by atoms with Gasteiger partial charge in [-0.3, -0.25) is 9.78 Å². The molecule has 6 heteroatoms. The van der Waals surface area contributed by atoms with Crippen LogP contribution in [0, 0.1) is 5.92 Å². The average molecular weight is 302 g/mol. The molecule has 0 radical (unpaired) electrons. The highest BCUT2D eigenvalue weighted by atomic mass is 16.5. The summed E-state index contributed by atoms with van der Waals surface area (Å²) < 4.78 is 9.75. The summed E-state index contributed by atoms with van der Waals surface area (Å²) >= 11 is 0. The number of esters is 2. The number of aromatic nitrogens is 1. The SMILES string of the molecule is C=C1NC(C)=C(C(=O)OC)C(c2ccncc2)C1C(=O)OC. The van der Waals surface area contributed by atoms with Gasteiger partial charge in [-0.15, -0.1) is 0 Å². The predicted octanol–water partition coefficient (Wildman–Crippen LogP) is 1.52. The molecule has 0 aromatic carbocycles. The maximum atomic E-state index is 12.2. The number of allylic oxidation sites excluding steroid dienone is 1. The monoisotopic (exact) mass is 302 g/mol. The van der Waals surface area contributed by atoms with Crippen LogP contribution in [0.2, 0.25) is 0 Å². The van der Waals surface area contributed by atoms with E-state index in [0.29, 0.717) is 17.0 Å². The molecular formula is C16H18N2O4. The van der Waals surface area contributed by atoms with Gasteiger partial charge < -0.3 is 14.8 Å². The summed E-state index contributed by atoms with van der Waals surface area (Å²) in [6, 6.07) is 3.52. The second-order valence-electron chi connectivity index (χ2n) is 4.94. The van der Waals surface area contributed by atoms with Gasteiger partial charge in [-0.05, 0) is 24.6 Å². The van der Waals surface area contributed by atoms with Crippen molar-refractivity contribution in [2.24, 2.45) is 5.92 Å². The van der Waals surface area contributed by atoms with Crippen molar-refractivity contribution < 1.29 is 19.1 Å². The third kappa shape index (κ3) is 2.72. The molecule has 116 valence electrons. The van der Waals surface area contributed by atoms with Gasteiger partial charge in [-0.2, -0.15) is 0 Å². The largest absolute Gasteiger partial charge is 0.468 e. The zero-order chi connectivity index (χ0) is 16.3. The average Bonchev–Trinajstić information content (AvgIpc) is 2.53. The Bertz CT molecular complexity index is 637. The van der Waals surface area contributed by atoms with E-state index in [0.717, 1.165) is 5.56 Å². The van der Waals surface area contributed by atoms with E-state index in [1.807, 2.05) is 0 Å². The molecular weight excluding hydrogens is 284 g/mol. The third-order valence-corrected chi connectivity index (χ3v) is 3.70. The van der Waals surface area contributed by atoms with Gasteiger partial charge in [-0.1, -0.05) is 6.58 Å². The van der Waals surface area contributed by atoms with E-state index in [1.54, 1.807) is 31.5 Å². The maximum Gasteiger partial charge on any atom is 0.336 e. The molecule has 1 aromatic rings. The zero-order valence-electron chi connectivity index (χ0n) is 12.8. The van der Waals surface area contributed by atoms with E-state index in [-0.39, 0.29) is 0 Å². The molecule has 2 unspecified atom stereocenters. The Kier molecular flexibility index (Phi) is 4.60. The highest BCUT2D eigenvalue weighted by Gasteiger charge is 2.42. The number of nitrogens with one attached hydrogen (secondary N) is 1. The van der Waals surface area contributed by atoms with E-state index in [9.17, 15) is 9.59 Å². The number of methoxy groups -OCH3 is 2. The Morgan fingerprint density at radius 3 is 2.41 bits per heavy atom. The minimum Gasteiger partial charge on any atom is -0.468 e. The van der Waals surface area contributed by atoms with Gasteiger partial charge in [0.25, 0.3) is 0 Å². The number of ether oxygens (including phenoxy) is 2. The molecule has 6 nitrogen and oxygen atoms in total. The predicted molar refractivity (Wildman–Crippen MR) is 79.5 cm³/mol. The molecule has 2 heterocycles. The van der Waals surface area contributed by atoms with Crippen LogP contribution in [-0.2, 0) is 19.1 Å². The lowest BCUT2D eigenvalue weighted by molar-refractivity contribution is -0.145. The summed E-state index contributed by atoms with van der Waals surface area (Å²) in [7, 11) is 2.62. The third-order valence-electron chi connectivity index (χ3n) is 3.70. The number of hydrogen-bond acceptors (Lipinski definition) is 6. The van der Waals surface area contributed by atoms with Crippen LogP contribution in [0.15, 0.2) is 48.1 Å². The smallest absolute Gasteiger partial charge is 0.336 e. The van der Waals surface area contributed by atoms with Crippen LogP contribution in [0.1, 0.15) is 18.4 Å². The number of carbonyl (C=O) groups is 2. The topological polar surface area (TPSA) is 77.5 Å². The summed E-state index contributed by atoms with van der Waals surface area (Å²) in [5.74, 6) is -2.21. The molecule has 1 aliphatic heterocycles. The van der Waals surface area contributed by atoms with Crippen LogP contribution in [-0.4, -0.2) is 31.1 Å². The maximum absolute atomic E-state index is 12.2. The first-order valence-corrected chi connectivity index (χ1v) is 6.73. The Morgan fingerprint density at radius 2 is 1.86 bits per heavy atom. The van der Waals surface area contributed by atoms with E-state index in [2.05, 4.69) is 16.9 Å². The van der Waals surface area contributed by atoms with Crippen LogP contribution >= 0.6 is 0 Å². The normalized spacial score (nSPS) is 21.1. The first-order chi connectivity index (χ1) is 10.5. The number of pyridine rings is 1. The fourth-order valence-corrected chi connectivity index (χ4v) is 2.71. The number of hydrogen-bond donors (Lipinski definition) is 1. The summed E-state index contributed by atoms with van der Waals surface area (Å²) in [6.07, 6.45) is 3.22. The summed E-state index contributed by atoms with van der Waals surface area (Å²) in [5.41, 5.74) is 2.25. The molecule has 0 fully saturated rings. The lowest BCUT2D eigenvalue weighted by Crippen LogP contribution is -2.39. The number of carbonyl (C=O) groups excluding carboxylic acids is 2. The van der Waals surface area contributed by atoms with Crippen LogP contribution in [0.3, 0.4) is 0 Å². The van der Waals surface area contributed by atoms with E-state index in [4.69, 9.17) is 9.47 Å². The van der Waals surface area contributed by atoms with Gasteiger partial charge in [0.15, 0.2) is 0 Å². The standard InChI is InChI=1S/C16H18N2O4/c1-9-12(15(19)21-3)14(11-5-7-17-8-6-11)13(10(2)18-9)16(20)22-4/h5-8,12,14,18H,1H2,2-4H3. The fourth-order valence-electron chi connectivity index (χ4n) is 2.71. The van der Waals surface area contributed by atoms with Crippen LogP contribution in [0.5, 0.6) is 0 Å². The summed E-state index contributed by atoms with van der Waals surface area (Å²) in [4.78, 5) is 28.4. The zero-order valence-corrected chi connectivity index (χ0v) is 12.8. The van der Waals surface area contributed by atoms with E-state index >= 15 is 0 Å². The van der Waals surface area contributed by atoms with Crippen molar-refractivity contribution in [2.75, 3.05) is 14.2 Å². The van der Waals surface area contributed by atoms with Gasteiger partial charge in [0, 0.05) is 29.7 Å². The van der Waals surface area contributed by atoms with Crippen molar-refractivity contribution in [1.82, 2.24) is 10.3 Å². The molecule has 22 heavy (non-hydrogen) atoms. The fraction of sp³-hybridized carbons (Fsp3) is 0.312. The second kappa shape index (κ2) is 6.43. The summed E-state index contributed by atoms with van der Waals surface area (Å²) in [6.45, 7) is 5.65. The molecule has 0 amide bonds. The van der Waals surface area contributed by atoms with Crippen LogP contribution in [0.4, 0.5) is 0 Å². The molecule has 2 rings (SSSR count). The lowest BCUT2D eigenvalue weighted by Gasteiger charge is -2.34. The quantitative estimate of drug-likeness (QED) is 0.853. The minimum absolute atomic E-state index is 0.386. The van der Waals surface area contributed by atoms with Crippen molar-refractivity contribution in [3.63, 3.8) is 0 Å². The van der Waals surface area contributed by atoms with Crippen LogP contribution in [0.25, 0.3) is 0 Å². The molecule has 1 aliphatic rings. The molecule has 1 aromatic heterocycles. The van der Waals surface area contributed by atoms with Gasteiger partial charge in [0.05, 0.1) is 19.8 Å². The molecule has 0 spiro atoms. The Balaban J connectivity index is 2.63. The minimum atomic E-state index is -0.717. The number of nitrogens with zero attached hydrogens (tertiary/aromatic N) is 1. The molecule has 1 N–H and O–H groups in total. The van der Waals surface area contributed by atoms with E-state index < -0.39 is 23.8 Å². The van der Waals surface area contributed by atoms with Crippen molar-refractivity contribution in [3.8, 4) is 0 Å². The van der Waals surface area contributed by atoms with E-state index in [1.165, 1.54) is 14.2 Å². The van der Waals surface area contributed by atoms with Gasteiger partial charge in [0.1, 0.15) is 5.92 Å². The molecule has 0 saturated carbocycles. The first-order valence-electron chi connectivity index (χ1n) is 6.73. The van der Waals surface area contributed by atoms with Crippen molar-refractivity contribution in [2.45, 2.75) is 12.8 Å². The highest BCUT2D eigenvalue weighted by molar-refractivity contribution is 5.94. The Hall–Kier alpha value is -2.63. The Morgan fingerprint density at radius 1 is 1.23 bits per heavy atom. The molecule has 0 saturated heterocycles. The van der Waals surface area contributed by atoms with Gasteiger partial charge in [0.2, 0.25) is 0 Å².